The molecule has 5 fully saturated rings. The van der Waals surface area contributed by atoms with Crippen LogP contribution in [0.3, 0.4) is 0 Å². The van der Waals surface area contributed by atoms with Crippen molar-refractivity contribution in [3.63, 3.8) is 0 Å². The number of piperidine rings is 2. The van der Waals surface area contributed by atoms with Gasteiger partial charge in [-0.2, -0.15) is 20.2 Å². The Kier molecular flexibility index (Phi) is 15.2. The van der Waals surface area contributed by atoms with Crippen LogP contribution < -0.4 is 25.1 Å². The zero-order valence-corrected chi connectivity index (χ0v) is 45.8. The number of urea groups is 1. The first-order valence-corrected chi connectivity index (χ1v) is 28.6. The van der Waals surface area contributed by atoms with E-state index in [1.54, 1.807) is 12.1 Å². The van der Waals surface area contributed by atoms with Crippen LogP contribution in [0.2, 0.25) is 0 Å². The summed E-state index contributed by atoms with van der Waals surface area (Å²) in [6, 6.07) is 29.4. The number of benzene rings is 3. The Morgan fingerprint density at radius 1 is 0.568 bits per heavy atom. The van der Waals surface area contributed by atoms with E-state index in [4.69, 9.17) is 44.3 Å². The van der Waals surface area contributed by atoms with Crippen LogP contribution in [0.25, 0.3) is 44.8 Å². The summed E-state index contributed by atoms with van der Waals surface area (Å²) in [4.78, 5) is 63.5. The van der Waals surface area contributed by atoms with Gasteiger partial charge in [0.15, 0.2) is 22.9 Å². The second-order valence-electron chi connectivity index (χ2n) is 21.8. The number of carbonyl (C=O) groups excluding carboxylic acids is 2. The van der Waals surface area contributed by atoms with Gasteiger partial charge < -0.3 is 29.3 Å². The third kappa shape index (κ3) is 11.4. The standard InChI is InChI=1S/C60H68N16O5/c1-79-60(78)76(50-17-13-46(14-18-50)54-66-56(72-30-34-81-35-31-72)52-39-64-74(58(52)68-54)48-21-26-70(27-22-48)41-44-8-5-23-61-36-44)75(59(77)62-37-42-9-10-42)49-15-11-45(12-16-49)53-65-55(71-28-32-80-33-29-71)51-38-63-73(57(51)67-53)47-19-24-69(25-20-47)40-43-6-3-2-4-7-43/h2-8,11-18,23,36,38-39,42,47-48H,9-10,19-22,24-35,37,40-41H2,1H3,(H,62,77). The van der Waals surface area contributed by atoms with Crippen LogP contribution in [0.5, 0.6) is 0 Å². The van der Waals surface area contributed by atoms with Crippen molar-refractivity contribution in [2.75, 3.05) is 112 Å². The van der Waals surface area contributed by atoms with Gasteiger partial charge in [0.05, 0.1) is 80.2 Å². The molecule has 1 saturated carbocycles. The van der Waals surface area contributed by atoms with E-state index in [0.717, 1.165) is 123 Å². The molecule has 9 heterocycles. The number of anilines is 4. The van der Waals surface area contributed by atoms with Gasteiger partial charge in [0.2, 0.25) is 0 Å². The highest BCUT2D eigenvalue weighted by Crippen LogP contribution is 2.37. The van der Waals surface area contributed by atoms with Crippen molar-refractivity contribution in [1.82, 2.24) is 59.6 Å². The van der Waals surface area contributed by atoms with E-state index in [-0.39, 0.29) is 12.1 Å². The lowest BCUT2D eigenvalue weighted by molar-refractivity contribution is 0.122. The number of fused-ring (bicyclic) bond motifs is 2. The number of morpholine rings is 2. The van der Waals surface area contributed by atoms with Crippen LogP contribution in [-0.4, -0.2) is 159 Å². The van der Waals surface area contributed by atoms with Crippen molar-refractivity contribution in [2.45, 2.75) is 63.7 Å². The molecule has 3 aromatic carbocycles. The van der Waals surface area contributed by atoms with E-state index in [0.29, 0.717) is 88.1 Å². The van der Waals surface area contributed by atoms with Gasteiger partial charge in [-0.05, 0) is 110 Å². The molecule has 81 heavy (non-hydrogen) atoms. The molecule has 8 aromatic rings. The third-order valence-corrected chi connectivity index (χ3v) is 16.4. The number of aromatic nitrogens is 9. The second-order valence-corrected chi connectivity index (χ2v) is 21.8. The normalized spacial score (nSPS) is 17.9. The molecule has 5 aliphatic rings. The molecule has 4 saturated heterocycles. The molecule has 5 aromatic heterocycles. The van der Waals surface area contributed by atoms with Crippen molar-refractivity contribution in [2.24, 2.45) is 5.92 Å². The van der Waals surface area contributed by atoms with Crippen LogP contribution in [0, 0.1) is 5.92 Å². The van der Waals surface area contributed by atoms with Gasteiger partial charge in [0.1, 0.15) is 11.6 Å². The summed E-state index contributed by atoms with van der Waals surface area (Å²) < 4.78 is 21.2. The average molecular weight is 1090 g/mol. The number of nitrogens with zero attached hydrogens (tertiary/aromatic N) is 15. The highest BCUT2D eigenvalue weighted by atomic mass is 16.5. The van der Waals surface area contributed by atoms with Gasteiger partial charge in [-0.1, -0.05) is 36.4 Å². The van der Waals surface area contributed by atoms with Gasteiger partial charge >= 0.3 is 12.1 Å². The summed E-state index contributed by atoms with van der Waals surface area (Å²) in [6.07, 6.45) is 12.6. The fourth-order valence-corrected chi connectivity index (χ4v) is 11.7. The number of hydrogen-bond acceptors (Lipinski definition) is 16. The quantitative estimate of drug-likeness (QED) is 0.102. The molecule has 4 aliphatic heterocycles. The molecule has 0 bridgehead atoms. The molecule has 21 nitrogen and oxygen atoms in total. The smallest absolute Gasteiger partial charge is 0.433 e. The number of carbonyl (C=O) groups is 2. The van der Waals surface area contributed by atoms with Crippen molar-refractivity contribution in [3.05, 3.63) is 127 Å². The van der Waals surface area contributed by atoms with E-state index < -0.39 is 12.1 Å². The van der Waals surface area contributed by atoms with Crippen molar-refractivity contribution in [1.29, 1.82) is 0 Å². The monoisotopic (exact) mass is 1090 g/mol. The predicted molar refractivity (Wildman–Crippen MR) is 309 cm³/mol. The van der Waals surface area contributed by atoms with E-state index in [1.807, 2.05) is 67.3 Å². The van der Waals surface area contributed by atoms with Gasteiger partial charge in [-0.15, -0.1) is 0 Å². The van der Waals surface area contributed by atoms with Crippen molar-refractivity contribution < 1.29 is 23.8 Å². The Bertz CT molecular complexity index is 3440. The second kappa shape index (κ2) is 23.5. The van der Waals surface area contributed by atoms with Gasteiger partial charge in [-0.25, -0.2) is 38.9 Å². The molecule has 0 spiro atoms. The van der Waals surface area contributed by atoms with Crippen LogP contribution in [0.1, 0.15) is 61.7 Å². The summed E-state index contributed by atoms with van der Waals surface area (Å²) in [5.74, 6) is 3.07. The Balaban J connectivity index is 0.799. The predicted octanol–water partition coefficient (Wildman–Crippen LogP) is 8.16. The first-order valence-electron chi connectivity index (χ1n) is 28.6. The zero-order valence-electron chi connectivity index (χ0n) is 45.8. The first-order chi connectivity index (χ1) is 39.9. The Morgan fingerprint density at radius 2 is 1.06 bits per heavy atom. The molecule has 0 radical (unpaired) electrons. The minimum atomic E-state index is -0.751. The lowest BCUT2D eigenvalue weighted by atomic mass is 10.0. The number of methoxy groups -OCH3 is 1. The van der Waals surface area contributed by atoms with Crippen LogP contribution >= 0.6 is 0 Å². The van der Waals surface area contributed by atoms with Crippen LogP contribution in [-0.2, 0) is 27.3 Å². The average Bonchev–Trinajstić information content (AvgIpc) is 4.17. The minimum Gasteiger partial charge on any atom is -0.451 e. The largest absolute Gasteiger partial charge is 0.451 e. The fraction of sp³-hybridized carbons (Fsp3) is 0.417. The summed E-state index contributed by atoms with van der Waals surface area (Å²) in [7, 11) is 1.31. The summed E-state index contributed by atoms with van der Waals surface area (Å²) in [5.41, 5.74) is 6.40. The third-order valence-electron chi connectivity index (χ3n) is 16.4. The molecule has 1 N–H and O–H groups in total. The Hall–Kier alpha value is -8.11. The molecule has 418 valence electrons. The zero-order chi connectivity index (χ0) is 54.7. The number of hydrogen-bond donors (Lipinski definition) is 1. The van der Waals surface area contributed by atoms with Gasteiger partial charge in [-0.3, -0.25) is 14.8 Å². The molecule has 13 rings (SSSR count). The lowest BCUT2D eigenvalue weighted by Gasteiger charge is -2.33. The molecule has 1 aliphatic carbocycles. The molecule has 3 amide bonds. The van der Waals surface area contributed by atoms with E-state index in [2.05, 4.69) is 75.7 Å². The molecule has 0 unspecified atom stereocenters. The molecular formula is C60H68N16O5. The van der Waals surface area contributed by atoms with Gasteiger partial charge in [0.25, 0.3) is 0 Å². The lowest BCUT2D eigenvalue weighted by Crippen LogP contribution is -2.54. The molecular weight excluding hydrogens is 1020 g/mol. The maximum atomic E-state index is 14.6. The van der Waals surface area contributed by atoms with Crippen LogP contribution in [0.4, 0.5) is 32.6 Å². The number of likely N-dealkylation sites (tertiary alicyclic amines) is 2. The van der Waals surface area contributed by atoms with E-state index in [1.165, 1.54) is 28.3 Å². The Labute approximate surface area is 470 Å². The summed E-state index contributed by atoms with van der Waals surface area (Å²) >= 11 is 0. The summed E-state index contributed by atoms with van der Waals surface area (Å²) in [6.45, 7) is 11.2. The first kappa shape index (κ1) is 52.3. The SMILES string of the molecule is COC(=O)N(c1ccc(-c2nc(N3CCOCC3)c3cnn(C4CCN(Cc5cccnc5)CC4)c3n2)cc1)N(C(=O)NCC1CC1)c1ccc(-c2nc(N3CCOCC3)c3cnn(C4CCN(Cc5ccccc5)CC4)c3n2)cc1. The van der Waals surface area contributed by atoms with E-state index in [9.17, 15) is 9.59 Å². The summed E-state index contributed by atoms with van der Waals surface area (Å²) in [5, 5.41) is 17.5. The topological polar surface area (TPSA) is 193 Å². The fourth-order valence-electron chi connectivity index (χ4n) is 11.7. The van der Waals surface area contributed by atoms with Crippen molar-refractivity contribution in [3.8, 4) is 22.8 Å². The highest BCUT2D eigenvalue weighted by molar-refractivity contribution is 6.04. The number of pyridine rings is 1. The Morgan fingerprint density at radius 3 is 1.54 bits per heavy atom. The minimum absolute atomic E-state index is 0.160. The molecule has 21 heteroatoms. The van der Waals surface area contributed by atoms with Gasteiger partial charge in [0, 0.05) is 95.5 Å². The highest BCUT2D eigenvalue weighted by Gasteiger charge is 2.34. The van der Waals surface area contributed by atoms with E-state index >= 15 is 0 Å². The molecule has 0 atom stereocenters. The maximum absolute atomic E-state index is 14.6. The number of nitrogens with one attached hydrogen (secondary N) is 1. The number of amides is 3. The maximum Gasteiger partial charge on any atom is 0.433 e. The number of rotatable bonds is 14. The van der Waals surface area contributed by atoms with Crippen molar-refractivity contribution >= 4 is 57.2 Å². The number of ether oxygens (including phenoxy) is 3. The number of hydrazine groups is 1. The van der Waals surface area contributed by atoms with Crippen LogP contribution in [0.15, 0.2) is 116 Å².